The highest BCUT2D eigenvalue weighted by atomic mass is 16.6. The van der Waals surface area contributed by atoms with Crippen molar-refractivity contribution in [2.24, 2.45) is 35.5 Å². The molecule has 0 atom stereocenters. The van der Waals surface area contributed by atoms with E-state index in [0.29, 0.717) is 145 Å². The summed E-state index contributed by atoms with van der Waals surface area (Å²) in [6.45, 7) is 9.43. The number of carbonyl (C=O) groups excluding carboxylic acids is 8. The zero-order valence-corrected chi connectivity index (χ0v) is 38.9. The maximum Gasteiger partial charge on any atom is 0.330 e. The Labute approximate surface area is 393 Å². The lowest BCUT2D eigenvalue weighted by Gasteiger charge is -2.30. The molecule has 16 nitrogen and oxygen atoms in total. The summed E-state index contributed by atoms with van der Waals surface area (Å²) in [5.41, 5.74) is 0.634. The summed E-state index contributed by atoms with van der Waals surface area (Å²) in [6.07, 6.45) is 12.6. The Morgan fingerprint density at radius 1 is 0.448 bits per heavy atom. The molecule has 67 heavy (non-hydrogen) atoms. The van der Waals surface area contributed by atoms with Crippen molar-refractivity contribution >= 4 is 47.8 Å². The fourth-order valence-electron chi connectivity index (χ4n) is 9.13. The van der Waals surface area contributed by atoms with Gasteiger partial charge in [-0.1, -0.05) is 13.2 Å². The summed E-state index contributed by atoms with van der Waals surface area (Å²) in [4.78, 5) is 99.5. The lowest BCUT2D eigenvalue weighted by atomic mass is 9.82. The fraction of sp³-hybridized carbons (Fsp3) is 0.647. The molecule has 1 aromatic rings. The highest BCUT2D eigenvalue weighted by Crippen LogP contribution is 2.36. The van der Waals surface area contributed by atoms with Crippen LogP contribution in [0.4, 0.5) is 0 Å². The minimum atomic E-state index is -0.482. The summed E-state index contributed by atoms with van der Waals surface area (Å²) in [5.74, 6) is -3.79. The van der Waals surface area contributed by atoms with Crippen molar-refractivity contribution in [2.45, 2.75) is 148 Å². The van der Waals surface area contributed by atoms with Crippen LogP contribution in [0.3, 0.4) is 0 Å². The van der Waals surface area contributed by atoms with Crippen molar-refractivity contribution in [3.8, 4) is 11.5 Å². The maximum atomic E-state index is 13.2. The van der Waals surface area contributed by atoms with Gasteiger partial charge in [-0.2, -0.15) is 0 Å². The van der Waals surface area contributed by atoms with Gasteiger partial charge in [-0.25, -0.2) is 9.59 Å². The average molecular weight is 937 g/mol. The number of hydrogen-bond acceptors (Lipinski definition) is 16. The zero-order chi connectivity index (χ0) is 48.1. The van der Waals surface area contributed by atoms with Crippen molar-refractivity contribution < 1.29 is 76.3 Å². The summed E-state index contributed by atoms with van der Waals surface area (Å²) in [6, 6.07) is 4.88. The van der Waals surface area contributed by atoms with Crippen molar-refractivity contribution in [3.63, 3.8) is 0 Å². The lowest BCUT2D eigenvalue weighted by Crippen LogP contribution is -2.33. The molecule has 0 heterocycles. The second-order valence-corrected chi connectivity index (χ2v) is 18.2. The minimum absolute atomic E-state index is 0.242. The van der Waals surface area contributed by atoms with Gasteiger partial charge < -0.3 is 37.9 Å². The standard InChI is InChI=1S/C51H68O16/c1-4-44(52)60-28-6-8-30-62-46(54)34-10-14-36(15-11-34)48(56)64-40-22-18-38(19-23-40)50(58)66-42-26-27-43(33(3)32-42)67-51(59)39-20-24-41(25-21-39)65-49(57)37-16-12-35(13-17-37)47(55)63-31-9-7-29-61-45(53)5-2/h4-5,26-27,32,34-41H,1-2,6-25,28-31H2,3H3. The summed E-state index contributed by atoms with van der Waals surface area (Å²) < 4.78 is 43.8. The van der Waals surface area contributed by atoms with Gasteiger partial charge in [0.1, 0.15) is 23.7 Å². The molecule has 5 rings (SSSR count). The number of unbranched alkanes of at least 4 members (excludes halogenated alkanes) is 2. The monoisotopic (exact) mass is 936 g/mol. The predicted octanol–water partition coefficient (Wildman–Crippen LogP) is 7.73. The topological polar surface area (TPSA) is 210 Å². The maximum absolute atomic E-state index is 13.2. The van der Waals surface area contributed by atoms with E-state index in [-0.39, 0.29) is 110 Å². The number of esters is 8. The molecular weight excluding hydrogens is 869 g/mol. The Bertz CT molecular complexity index is 1870. The number of carbonyl (C=O) groups is 8. The van der Waals surface area contributed by atoms with Gasteiger partial charge in [0.25, 0.3) is 0 Å². The first-order valence-electron chi connectivity index (χ1n) is 24.2. The molecular formula is C51H68O16. The Hall–Kier alpha value is -5.54. The second kappa shape index (κ2) is 27.3. The van der Waals surface area contributed by atoms with Crippen molar-refractivity contribution in [2.75, 3.05) is 26.4 Å². The van der Waals surface area contributed by atoms with Crippen molar-refractivity contribution in [3.05, 3.63) is 49.1 Å². The highest BCUT2D eigenvalue weighted by Gasteiger charge is 2.37. The van der Waals surface area contributed by atoms with E-state index in [1.165, 1.54) is 0 Å². The van der Waals surface area contributed by atoms with Crippen LogP contribution in [-0.2, 0) is 66.8 Å². The first-order valence-corrected chi connectivity index (χ1v) is 24.2. The van der Waals surface area contributed by atoms with Gasteiger partial charge >= 0.3 is 47.8 Å². The molecule has 0 N–H and O–H groups in total. The van der Waals surface area contributed by atoms with Gasteiger partial charge in [-0.15, -0.1) is 0 Å². The molecule has 0 unspecified atom stereocenters. The molecule has 4 saturated carbocycles. The van der Waals surface area contributed by atoms with Crippen LogP contribution in [-0.4, -0.2) is 86.4 Å². The van der Waals surface area contributed by atoms with Crippen LogP contribution >= 0.6 is 0 Å². The van der Waals surface area contributed by atoms with Gasteiger partial charge in [0, 0.05) is 12.2 Å². The molecule has 4 aliphatic carbocycles. The number of benzene rings is 1. The average Bonchev–Trinajstić information content (AvgIpc) is 3.34. The first-order chi connectivity index (χ1) is 32.3. The van der Waals surface area contributed by atoms with E-state index >= 15 is 0 Å². The zero-order valence-electron chi connectivity index (χ0n) is 38.9. The Morgan fingerprint density at radius 3 is 1.15 bits per heavy atom. The molecule has 0 saturated heterocycles. The molecule has 0 aromatic heterocycles. The van der Waals surface area contributed by atoms with E-state index in [1.807, 2.05) is 0 Å². The molecule has 0 amide bonds. The third-order valence-electron chi connectivity index (χ3n) is 13.3. The van der Waals surface area contributed by atoms with Gasteiger partial charge in [0.15, 0.2) is 0 Å². The Morgan fingerprint density at radius 2 is 0.776 bits per heavy atom. The molecule has 1 aromatic carbocycles. The number of rotatable bonds is 22. The van der Waals surface area contributed by atoms with Gasteiger partial charge in [-0.3, -0.25) is 28.8 Å². The molecule has 368 valence electrons. The molecule has 0 aliphatic heterocycles. The molecule has 4 fully saturated rings. The quantitative estimate of drug-likeness (QED) is 0.0358. The van der Waals surface area contributed by atoms with Crippen LogP contribution < -0.4 is 9.47 Å². The number of aryl methyl sites for hydroxylation is 1. The largest absolute Gasteiger partial charge is 0.465 e. The lowest BCUT2D eigenvalue weighted by molar-refractivity contribution is -0.161. The van der Waals surface area contributed by atoms with Crippen LogP contribution in [0, 0.1) is 42.4 Å². The van der Waals surface area contributed by atoms with Crippen LogP contribution in [0.2, 0.25) is 0 Å². The van der Waals surface area contributed by atoms with E-state index in [1.54, 1.807) is 25.1 Å². The fourth-order valence-corrected chi connectivity index (χ4v) is 9.13. The normalized spacial score (nSPS) is 24.9. The smallest absolute Gasteiger partial charge is 0.330 e. The van der Waals surface area contributed by atoms with E-state index in [2.05, 4.69) is 13.2 Å². The molecule has 16 heteroatoms. The summed E-state index contributed by atoms with van der Waals surface area (Å²) in [5, 5.41) is 0. The van der Waals surface area contributed by atoms with Crippen LogP contribution in [0.5, 0.6) is 11.5 Å². The molecule has 0 radical (unpaired) electrons. The van der Waals surface area contributed by atoms with Crippen LogP contribution in [0.25, 0.3) is 0 Å². The van der Waals surface area contributed by atoms with Crippen molar-refractivity contribution in [1.82, 2.24) is 0 Å². The van der Waals surface area contributed by atoms with Gasteiger partial charge in [0.05, 0.1) is 61.9 Å². The molecule has 0 bridgehead atoms. The second-order valence-electron chi connectivity index (χ2n) is 18.2. The van der Waals surface area contributed by atoms with Crippen LogP contribution in [0.15, 0.2) is 43.5 Å². The number of ether oxygens (including phenoxy) is 8. The molecule has 0 spiro atoms. The van der Waals surface area contributed by atoms with E-state index in [4.69, 9.17) is 37.9 Å². The predicted molar refractivity (Wildman–Crippen MR) is 240 cm³/mol. The van der Waals surface area contributed by atoms with E-state index < -0.39 is 11.9 Å². The van der Waals surface area contributed by atoms with Gasteiger partial charge in [-0.05, 0) is 159 Å². The Balaban J connectivity index is 0.915. The summed E-state index contributed by atoms with van der Waals surface area (Å²) >= 11 is 0. The highest BCUT2D eigenvalue weighted by molar-refractivity contribution is 5.81. The third-order valence-corrected chi connectivity index (χ3v) is 13.3. The minimum Gasteiger partial charge on any atom is -0.465 e. The van der Waals surface area contributed by atoms with Crippen LogP contribution in [0.1, 0.15) is 134 Å². The molecule has 4 aliphatic rings. The summed E-state index contributed by atoms with van der Waals surface area (Å²) in [7, 11) is 0. The van der Waals surface area contributed by atoms with E-state index in [0.717, 1.165) is 12.2 Å². The van der Waals surface area contributed by atoms with Crippen molar-refractivity contribution in [1.29, 1.82) is 0 Å². The number of hydrogen-bond donors (Lipinski definition) is 0. The SMILES string of the molecule is C=CC(=O)OCCCCOC(=O)C1CCC(C(=O)OC2CCC(C(=O)Oc3ccc(OC(=O)C4CCC(OC(=O)C5CCC(C(=O)OCCCCOC(=O)C=C)CC5)CC4)c(C)c3)CC2)CC1. The first kappa shape index (κ1) is 52.4. The Kier molecular flexibility index (Phi) is 21.4. The van der Waals surface area contributed by atoms with Gasteiger partial charge in [0.2, 0.25) is 0 Å². The van der Waals surface area contributed by atoms with E-state index in [9.17, 15) is 38.4 Å². The third kappa shape index (κ3) is 17.2.